The third-order valence-corrected chi connectivity index (χ3v) is 5.00. The lowest BCUT2D eigenvalue weighted by Crippen LogP contribution is -2.38. The summed E-state index contributed by atoms with van der Waals surface area (Å²) in [6, 6.07) is 10.9. The van der Waals surface area contributed by atoms with E-state index in [4.69, 9.17) is 4.99 Å². The highest BCUT2D eigenvalue weighted by Gasteiger charge is 2.04. The van der Waals surface area contributed by atoms with Crippen LogP contribution in [0.4, 0.5) is 0 Å². The second-order valence-corrected chi connectivity index (χ2v) is 7.41. The molecule has 6 heteroatoms. The van der Waals surface area contributed by atoms with E-state index in [-0.39, 0.29) is 0 Å². The second-order valence-electron chi connectivity index (χ2n) is 7.41. The molecule has 0 radical (unpaired) electrons. The number of aromatic nitrogens is 2. The number of guanidine groups is 1. The van der Waals surface area contributed by atoms with Crippen LogP contribution < -0.4 is 10.6 Å². The maximum atomic E-state index is 4.77. The van der Waals surface area contributed by atoms with Crippen molar-refractivity contribution < 1.29 is 0 Å². The van der Waals surface area contributed by atoms with Gasteiger partial charge in [-0.25, -0.2) is 4.99 Å². The molecule has 0 spiro atoms. The highest BCUT2D eigenvalue weighted by atomic mass is 15.3. The molecule has 1 heterocycles. The molecule has 0 atom stereocenters. The third kappa shape index (κ3) is 7.89. The summed E-state index contributed by atoms with van der Waals surface area (Å²) in [5.74, 6) is 0.870. The first kappa shape index (κ1) is 22.9. The monoisotopic (exact) mass is 398 g/mol. The highest BCUT2D eigenvalue weighted by molar-refractivity contribution is 5.79. The maximum Gasteiger partial charge on any atom is 0.191 e. The predicted molar refractivity (Wildman–Crippen MR) is 122 cm³/mol. The molecule has 6 nitrogen and oxygen atoms in total. The number of aryl methyl sites for hydroxylation is 3. The Balaban J connectivity index is 1.87. The molecule has 29 heavy (non-hydrogen) atoms. The largest absolute Gasteiger partial charge is 0.357 e. The summed E-state index contributed by atoms with van der Waals surface area (Å²) < 4.78 is 2.07. The summed E-state index contributed by atoms with van der Waals surface area (Å²) in [6.07, 6.45) is 1.01. The van der Waals surface area contributed by atoms with E-state index in [1.807, 2.05) is 6.92 Å². The predicted octanol–water partition coefficient (Wildman–Crippen LogP) is 3.49. The van der Waals surface area contributed by atoms with Crippen molar-refractivity contribution in [3.63, 3.8) is 0 Å². The van der Waals surface area contributed by atoms with Crippen LogP contribution in [0.2, 0.25) is 0 Å². The lowest BCUT2D eigenvalue weighted by Gasteiger charge is -2.18. The van der Waals surface area contributed by atoms with E-state index in [2.05, 4.69) is 83.3 Å². The van der Waals surface area contributed by atoms with Crippen LogP contribution in [0.25, 0.3) is 0 Å². The van der Waals surface area contributed by atoms with E-state index in [0.29, 0.717) is 6.54 Å². The minimum Gasteiger partial charge on any atom is -0.357 e. The molecule has 0 saturated carbocycles. The second kappa shape index (κ2) is 12.3. The van der Waals surface area contributed by atoms with Gasteiger partial charge in [0.05, 0.1) is 12.2 Å². The summed E-state index contributed by atoms with van der Waals surface area (Å²) in [5, 5.41) is 11.3. The Morgan fingerprint density at radius 3 is 2.48 bits per heavy atom. The first-order chi connectivity index (χ1) is 14.0. The summed E-state index contributed by atoms with van der Waals surface area (Å²) >= 11 is 0. The average molecular weight is 399 g/mol. The molecule has 1 aromatic carbocycles. The van der Waals surface area contributed by atoms with Gasteiger partial charge in [-0.3, -0.25) is 9.58 Å². The van der Waals surface area contributed by atoms with E-state index in [0.717, 1.165) is 57.3 Å². The smallest absolute Gasteiger partial charge is 0.191 e. The van der Waals surface area contributed by atoms with E-state index in [1.165, 1.54) is 16.8 Å². The van der Waals surface area contributed by atoms with E-state index in [9.17, 15) is 0 Å². The highest BCUT2D eigenvalue weighted by Crippen LogP contribution is 2.09. The SMILES string of the molecule is CCNC(=NCc1cccc(CN(CC)CC)c1)NCCCn1nc(C)cc1C. The van der Waals surface area contributed by atoms with Crippen LogP contribution in [0.1, 0.15) is 49.7 Å². The topological polar surface area (TPSA) is 57.5 Å². The van der Waals surface area contributed by atoms with Gasteiger partial charge in [0.1, 0.15) is 0 Å². The zero-order valence-electron chi connectivity index (χ0n) is 18.8. The fraction of sp³-hybridized carbons (Fsp3) is 0.565. The zero-order valence-corrected chi connectivity index (χ0v) is 18.8. The van der Waals surface area contributed by atoms with Gasteiger partial charge in [0, 0.05) is 31.9 Å². The van der Waals surface area contributed by atoms with Crippen molar-refractivity contribution >= 4 is 5.96 Å². The first-order valence-electron chi connectivity index (χ1n) is 10.9. The quantitative estimate of drug-likeness (QED) is 0.346. The number of nitrogens with zero attached hydrogens (tertiary/aromatic N) is 4. The number of nitrogens with one attached hydrogen (secondary N) is 2. The van der Waals surface area contributed by atoms with Crippen LogP contribution >= 0.6 is 0 Å². The summed E-state index contributed by atoms with van der Waals surface area (Å²) in [5.41, 5.74) is 4.89. The minimum atomic E-state index is 0.679. The van der Waals surface area contributed by atoms with Gasteiger partial charge in [0.25, 0.3) is 0 Å². The molecule has 0 saturated heterocycles. The van der Waals surface area contributed by atoms with Gasteiger partial charge in [0.15, 0.2) is 5.96 Å². The standard InChI is InChI=1S/C23H38N6/c1-6-24-23(25-13-10-14-29-20(5)15-19(4)27-29)26-17-21-11-9-12-22(16-21)18-28(7-2)8-3/h9,11-12,15-16H,6-8,10,13-14,17-18H2,1-5H3,(H2,24,25,26). The number of benzene rings is 1. The molecule has 0 amide bonds. The summed E-state index contributed by atoms with van der Waals surface area (Å²) in [6.45, 7) is 17.1. The maximum absolute atomic E-state index is 4.77. The molecule has 2 rings (SSSR count). The Hall–Kier alpha value is -2.34. The Bertz CT molecular complexity index is 760. The summed E-state index contributed by atoms with van der Waals surface area (Å²) in [7, 11) is 0. The van der Waals surface area contributed by atoms with Gasteiger partial charge in [-0.05, 0) is 57.5 Å². The third-order valence-electron chi connectivity index (χ3n) is 5.00. The van der Waals surface area contributed by atoms with Gasteiger partial charge < -0.3 is 10.6 Å². The van der Waals surface area contributed by atoms with E-state index >= 15 is 0 Å². The Kier molecular flexibility index (Phi) is 9.71. The Morgan fingerprint density at radius 1 is 1.07 bits per heavy atom. The average Bonchev–Trinajstić information content (AvgIpc) is 3.04. The molecule has 1 aromatic heterocycles. The van der Waals surface area contributed by atoms with E-state index < -0.39 is 0 Å². The molecule has 0 bridgehead atoms. The van der Waals surface area contributed by atoms with Crippen LogP contribution in [0, 0.1) is 13.8 Å². The molecule has 160 valence electrons. The number of rotatable bonds is 11. The van der Waals surface area contributed by atoms with Gasteiger partial charge in [0.2, 0.25) is 0 Å². The van der Waals surface area contributed by atoms with Crippen LogP contribution in [0.15, 0.2) is 35.3 Å². The van der Waals surface area contributed by atoms with Crippen molar-refractivity contribution in [1.82, 2.24) is 25.3 Å². The van der Waals surface area contributed by atoms with Crippen molar-refractivity contribution in [2.75, 3.05) is 26.2 Å². The number of aliphatic imine (C=N–C) groups is 1. The van der Waals surface area contributed by atoms with Crippen molar-refractivity contribution in [2.45, 2.75) is 60.7 Å². The van der Waals surface area contributed by atoms with Crippen LogP contribution in [-0.2, 0) is 19.6 Å². The molecule has 0 fully saturated rings. The van der Waals surface area contributed by atoms with Crippen LogP contribution in [0.3, 0.4) is 0 Å². The van der Waals surface area contributed by atoms with Gasteiger partial charge >= 0.3 is 0 Å². The molecule has 2 aromatic rings. The molecule has 0 aliphatic heterocycles. The van der Waals surface area contributed by atoms with Crippen molar-refractivity contribution in [1.29, 1.82) is 0 Å². The molecule has 0 unspecified atom stereocenters. The van der Waals surface area contributed by atoms with Crippen LogP contribution in [-0.4, -0.2) is 46.8 Å². The lowest BCUT2D eigenvalue weighted by molar-refractivity contribution is 0.296. The van der Waals surface area contributed by atoms with Crippen LogP contribution in [0.5, 0.6) is 0 Å². The zero-order chi connectivity index (χ0) is 21.1. The lowest BCUT2D eigenvalue weighted by atomic mass is 10.1. The minimum absolute atomic E-state index is 0.679. The Morgan fingerprint density at radius 2 is 1.83 bits per heavy atom. The molecular formula is C23H38N6. The van der Waals surface area contributed by atoms with Crippen molar-refractivity contribution in [3.05, 3.63) is 52.8 Å². The molecule has 2 N–H and O–H groups in total. The first-order valence-corrected chi connectivity index (χ1v) is 10.9. The fourth-order valence-electron chi connectivity index (χ4n) is 3.38. The van der Waals surface area contributed by atoms with E-state index in [1.54, 1.807) is 0 Å². The van der Waals surface area contributed by atoms with Gasteiger partial charge in [-0.15, -0.1) is 0 Å². The normalized spacial score (nSPS) is 11.9. The van der Waals surface area contributed by atoms with Gasteiger partial charge in [-0.1, -0.05) is 38.1 Å². The molecule has 0 aliphatic rings. The van der Waals surface area contributed by atoms with Gasteiger partial charge in [-0.2, -0.15) is 5.10 Å². The molecular weight excluding hydrogens is 360 g/mol. The van der Waals surface area contributed by atoms with Crippen molar-refractivity contribution in [2.24, 2.45) is 4.99 Å². The number of hydrogen-bond donors (Lipinski definition) is 2. The summed E-state index contributed by atoms with van der Waals surface area (Å²) in [4.78, 5) is 7.20. The van der Waals surface area contributed by atoms with Crippen molar-refractivity contribution in [3.8, 4) is 0 Å². The number of hydrogen-bond acceptors (Lipinski definition) is 3. The Labute approximate surface area is 176 Å². The fourth-order valence-corrected chi connectivity index (χ4v) is 3.38. The molecule has 0 aliphatic carbocycles.